The quantitative estimate of drug-likeness (QED) is 0.652. The predicted molar refractivity (Wildman–Crippen MR) is 46.6 cm³/mol. The van der Waals surface area contributed by atoms with E-state index in [2.05, 4.69) is 11.8 Å². The van der Waals surface area contributed by atoms with Crippen LogP contribution in [0.25, 0.3) is 0 Å². The van der Waals surface area contributed by atoms with E-state index in [1.54, 1.807) is 0 Å². The van der Waals surface area contributed by atoms with Crippen LogP contribution in [-0.4, -0.2) is 28.9 Å². The molecule has 2 N–H and O–H groups in total. The largest absolute Gasteiger partial charge is 0.368 e. The normalized spacial score (nSPS) is 40.6. The van der Waals surface area contributed by atoms with Gasteiger partial charge in [0.25, 0.3) is 0 Å². The van der Waals surface area contributed by atoms with Crippen molar-refractivity contribution in [3.63, 3.8) is 0 Å². The number of rotatable bonds is 2. The molecule has 2 rings (SSSR count). The molecule has 0 unspecified atom stereocenters. The van der Waals surface area contributed by atoms with Gasteiger partial charge in [0.1, 0.15) is 5.54 Å². The minimum atomic E-state index is -0.251. The van der Waals surface area contributed by atoms with E-state index in [0.717, 1.165) is 32.2 Å². The lowest BCUT2D eigenvalue weighted by Gasteiger charge is -2.30. The average molecular weight is 168 g/mol. The summed E-state index contributed by atoms with van der Waals surface area (Å²) in [6, 6.07) is 0.641. The first-order valence-corrected chi connectivity index (χ1v) is 4.77. The van der Waals surface area contributed by atoms with Crippen molar-refractivity contribution >= 4 is 5.91 Å². The maximum atomic E-state index is 11.3. The van der Waals surface area contributed by atoms with Gasteiger partial charge < -0.3 is 5.73 Å². The highest BCUT2D eigenvalue weighted by molar-refractivity contribution is 5.85. The molecule has 12 heavy (non-hydrogen) atoms. The summed E-state index contributed by atoms with van der Waals surface area (Å²) in [4.78, 5) is 13.6. The summed E-state index contributed by atoms with van der Waals surface area (Å²) in [6.45, 7) is 3.08. The lowest BCUT2D eigenvalue weighted by molar-refractivity contribution is -0.127. The highest BCUT2D eigenvalue weighted by Crippen LogP contribution is 2.45. The van der Waals surface area contributed by atoms with Crippen LogP contribution in [0.2, 0.25) is 0 Å². The molecule has 2 aliphatic heterocycles. The third kappa shape index (κ3) is 0.774. The number of amides is 1. The molecule has 3 heteroatoms. The molecule has 1 amide bonds. The standard InChI is InChI=1S/C9H16N2O/c1-2-11-7-3-5-9(11,6-4-7)8(10)12/h7H,2-6H2,1H3,(H2,10,12). The summed E-state index contributed by atoms with van der Waals surface area (Å²) in [7, 11) is 0. The number of nitrogens with zero attached hydrogens (tertiary/aromatic N) is 1. The Hall–Kier alpha value is -0.570. The van der Waals surface area contributed by atoms with E-state index >= 15 is 0 Å². The molecule has 0 aromatic carbocycles. The van der Waals surface area contributed by atoms with Gasteiger partial charge >= 0.3 is 0 Å². The van der Waals surface area contributed by atoms with Crippen molar-refractivity contribution in [3.05, 3.63) is 0 Å². The fraction of sp³-hybridized carbons (Fsp3) is 0.889. The number of carbonyl (C=O) groups excluding carboxylic acids is 1. The van der Waals surface area contributed by atoms with Crippen LogP contribution in [0.3, 0.4) is 0 Å². The fourth-order valence-corrected chi connectivity index (χ4v) is 2.98. The van der Waals surface area contributed by atoms with Crippen LogP contribution < -0.4 is 5.73 Å². The monoisotopic (exact) mass is 168 g/mol. The van der Waals surface area contributed by atoms with Crippen molar-refractivity contribution in [1.82, 2.24) is 4.90 Å². The lowest BCUT2D eigenvalue weighted by atomic mass is 9.87. The first-order chi connectivity index (χ1) is 5.70. The topological polar surface area (TPSA) is 46.3 Å². The van der Waals surface area contributed by atoms with E-state index in [-0.39, 0.29) is 11.4 Å². The summed E-state index contributed by atoms with van der Waals surface area (Å²) < 4.78 is 0. The van der Waals surface area contributed by atoms with Gasteiger partial charge in [0.15, 0.2) is 0 Å². The van der Waals surface area contributed by atoms with Crippen LogP contribution in [0.4, 0.5) is 0 Å². The van der Waals surface area contributed by atoms with Gasteiger partial charge in [-0.3, -0.25) is 9.69 Å². The number of carbonyl (C=O) groups is 1. The van der Waals surface area contributed by atoms with Gasteiger partial charge in [0, 0.05) is 6.04 Å². The van der Waals surface area contributed by atoms with Crippen molar-refractivity contribution in [1.29, 1.82) is 0 Å². The molecule has 0 aromatic heterocycles. The highest BCUT2D eigenvalue weighted by Gasteiger charge is 2.54. The van der Waals surface area contributed by atoms with Crippen molar-refractivity contribution < 1.29 is 4.79 Å². The summed E-state index contributed by atoms with van der Waals surface area (Å²) in [6.07, 6.45) is 4.30. The molecule has 2 heterocycles. The van der Waals surface area contributed by atoms with Crippen LogP contribution in [0.15, 0.2) is 0 Å². The maximum absolute atomic E-state index is 11.3. The molecular formula is C9H16N2O. The molecular weight excluding hydrogens is 152 g/mol. The van der Waals surface area contributed by atoms with Crippen molar-refractivity contribution in [3.8, 4) is 0 Å². The second-order valence-corrected chi connectivity index (χ2v) is 3.91. The van der Waals surface area contributed by atoms with Crippen LogP contribution in [0.1, 0.15) is 32.6 Å². The first-order valence-electron chi connectivity index (χ1n) is 4.77. The molecule has 0 saturated carbocycles. The van der Waals surface area contributed by atoms with E-state index in [1.165, 1.54) is 0 Å². The Morgan fingerprint density at radius 2 is 2.17 bits per heavy atom. The van der Waals surface area contributed by atoms with Crippen LogP contribution in [0, 0.1) is 0 Å². The Morgan fingerprint density at radius 3 is 2.50 bits per heavy atom. The molecule has 2 bridgehead atoms. The molecule has 3 nitrogen and oxygen atoms in total. The van der Waals surface area contributed by atoms with Gasteiger partial charge in [-0.1, -0.05) is 6.92 Å². The number of hydrogen-bond acceptors (Lipinski definition) is 2. The molecule has 2 saturated heterocycles. The predicted octanol–water partition coefficient (Wildman–Crippen LogP) is 0.489. The zero-order valence-electron chi connectivity index (χ0n) is 7.55. The van der Waals surface area contributed by atoms with Gasteiger partial charge in [-0.05, 0) is 32.2 Å². The van der Waals surface area contributed by atoms with E-state index in [9.17, 15) is 4.79 Å². The third-order valence-electron chi connectivity index (χ3n) is 3.57. The van der Waals surface area contributed by atoms with Crippen molar-refractivity contribution in [2.75, 3.05) is 6.54 Å². The zero-order chi connectivity index (χ0) is 8.77. The van der Waals surface area contributed by atoms with E-state index in [4.69, 9.17) is 5.73 Å². The second-order valence-electron chi connectivity index (χ2n) is 3.91. The summed E-state index contributed by atoms with van der Waals surface area (Å²) in [5, 5.41) is 0. The lowest BCUT2D eigenvalue weighted by Crippen LogP contribution is -2.51. The second kappa shape index (κ2) is 2.46. The van der Waals surface area contributed by atoms with Crippen LogP contribution >= 0.6 is 0 Å². The number of nitrogens with two attached hydrogens (primary N) is 1. The molecule has 0 aliphatic carbocycles. The smallest absolute Gasteiger partial charge is 0.237 e. The number of likely N-dealkylation sites (N-methyl/N-ethyl adjacent to an activating group) is 1. The van der Waals surface area contributed by atoms with E-state index in [0.29, 0.717) is 6.04 Å². The van der Waals surface area contributed by atoms with Crippen molar-refractivity contribution in [2.24, 2.45) is 5.73 Å². The van der Waals surface area contributed by atoms with Crippen LogP contribution in [-0.2, 0) is 4.79 Å². The first kappa shape index (κ1) is 8.05. The van der Waals surface area contributed by atoms with Gasteiger partial charge in [-0.2, -0.15) is 0 Å². The number of hydrogen-bond donors (Lipinski definition) is 1. The third-order valence-corrected chi connectivity index (χ3v) is 3.57. The maximum Gasteiger partial charge on any atom is 0.237 e. The highest BCUT2D eigenvalue weighted by atomic mass is 16.1. The average Bonchev–Trinajstić information content (AvgIpc) is 2.58. The minimum absolute atomic E-state index is 0.107. The van der Waals surface area contributed by atoms with Crippen LogP contribution in [0.5, 0.6) is 0 Å². The summed E-state index contributed by atoms with van der Waals surface area (Å²) in [5.41, 5.74) is 5.20. The van der Waals surface area contributed by atoms with Gasteiger partial charge in [0.05, 0.1) is 0 Å². The van der Waals surface area contributed by atoms with Crippen molar-refractivity contribution in [2.45, 2.75) is 44.2 Å². The SMILES string of the molecule is CCN1C2CCC1(C(N)=O)CC2. The molecule has 0 aromatic rings. The summed E-state index contributed by atoms with van der Waals surface area (Å²) >= 11 is 0. The van der Waals surface area contributed by atoms with Gasteiger partial charge in [-0.25, -0.2) is 0 Å². The number of primary amides is 1. The van der Waals surface area contributed by atoms with E-state index < -0.39 is 0 Å². The summed E-state index contributed by atoms with van der Waals surface area (Å²) in [5.74, 6) is -0.107. The molecule has 0 spiro atoms. The fourth-order valence-electron chi connectivity index (χ4n) is 2.98. The van der Waals surface area contributed by atoms with Gasteiger partial charge in [-0.15, -0.1) is 0 Å². The molecule has 2 fully saturated rings. The Labute approximate surface area is 72.9 Å². The Kier molecular flexibility index (Phi) is 1.65. The Balaban J connectivity index is 2.29. The molecule has 2 aliphatic rings. The van der Waals surface area contributed by atoms with E-state index in [1.807, 2.05) is 0 Å². The Morgan fingerprint density at radius 1 is 1.58 bits per heavy atom. The molecule has 0 atom stereocenters. The molecule has 68 valence electrons. The zero-order valence-corrected chi connectivity index (χ0v) is 7.55. The minimum Gasteiger partial charge on any atom is -0.368 e. The number of fused-ring (bicyclic) bond motifs is 2. The Bertz CT molecular complexity index is 207. The van der Waals surface area contributed by atoms with Gasteiger partial charge in [0.2, 0.25) is 5.91 Å². The molecule has 0 radical (unpaired) electrons.